The van der Waals surface area contributed by atoms with Gasteiger partial charge < -0.3 is 14.2 Å². The molecular formula is C56H102O6. The first-order valence-corrected chi connectivity index (χ1v) is 27.0. The Kier molecular flexibility index (Phi) is 49.3. The minimum atomic E-state index is -0.779. The number of carbonyl (C=O) groups is 3. The molecule has 0 aromatic rings. The summed E-state index contributed by atoms with van der Waals surface area (Å²) < 4.78 is 16.8. The van der Waals surface area contributed by atoms with Gasteiger partial charge in [0.15, 0.2) is 6.10 Å². The molecule has 0 bridgehead atoms. The van der Waals surface area contributed by atoms with Crippen molar-refractivity contribution >= 4 is 17.9 Å². The maximum absolute atomic E-state index is 12.8. The SMILES string of the molecule is CCCCC/C=C\C/C=C\CCCCCCCC(=O)O[C@H](COC(=O)CCCCCCC/C=C\CCCCC)COC(=O)CCCCCCCCCCCCCCCCCCC. The highest BCUT2D eigenvalue weighted by molar-refractivity contribution is 5.71. The van der Waals surface area contributed by atoms with Crippen LogP contribution in [0.2, 0.25) is 0 Å². The molecule has 0 aromatic heterocycles. The largest absolute Gasteiger partial charge is 0.462 e. The molecule has 0 rings (SSSR count). The van der Waals surface area contributed by atoms with Gasteiger partial charge in [0.1, 0.15) is 13.2 Å². The fourth-order valence-electron chi connectivity index (χ4n) is 7.76. The van der Waals surface area contributed by atoms with E-state index in [0.717, 1.165) is 89.9 Å². The van der Waals surface area contributed by atoms with Crippen molar-refractivity contribution in [1.29, 1.82) is 0 Å². The third kappa shape index (κ3) is 48.7. The highest BCUT2D eigenvalue weighted by atomic mass is 16.6. The molecule has 0 unspecified atom stereocenters. The first-order chi connectivity index (χ1) is 30.5. The lowest BCUT2D eigenvalue weighted by atomic mass is 10.0. The molecule has 1 atom stereocenters. The van der Waals surface area contributed by atoms with Gasteiger partial charge >= 0.3 is 17.9 Å². The fraction of sp³-hybridized carbons (Fsp3) is 0.839. The molecule has 0 fully saturated rings. The van der Waals surface area contributed by atoms with Crippen LogP contribution in [0.15, 0.2) is 36.5 Å². The van der Waals surface area contributed by atoms with Gasteiger partial charge in [-0.1, -0.05) is 224 Å². The zero-order valence-corrected chi connectivity index (χ0v) is 41.4. The van der Waals surface area contributed by atoms with Gasteiger partial charge in [0.2, 0.25) is 0 Å². The minimum Gasteiger partial charge on any atom is -0.462 e. The topological polar surface area (TPSA) is 78.9 Å². The van der Waals surface area contributed by atoms with E-state index >= 15 is 0 Å². The van der Waals surface area contributed by atoms with Crippen molar-refractivity contribution in [3.63, 3.8) is 0 Å². The van der Waals surface area contributed by atoms with Crippen molar-refractivity contribution < 1.29 is 28.6 Å². The molecule has 0 aliphatic heterocycles. The summed E-state index contributed by atoms with van der Waals surface area (Å²) in [7, 11) is 0. The zero-order valence-electron chi connectivity index (χ0n) is 41.4. The number of unbranched alkanes of at least 4 members (excludes halogenated alkanes) is 32. The van der Waals surface area contributed by atoms with E-state index in [1.807, 2.05) is 0 Å². The number of allylic oxidation sites excluding steroid dienone is 6. The molecule has 0 radical (unpaired) electrons. The minimum absolute atomic E-state index is 0.0774. The van der Waals surface area contributed by atoms with E-state index in [-0.39, 0.29) is 31.1 Å². The third-order valence-electron chi connectivity index (χ3n) is 11.9. The maximum Gasteiger partial charge on any atom is 0.306 e. The van der Waals surface area contributed by atoms with Crippen molar-refractivity contribution in [1.82, 2.24) is 0 Å². The van der Waals surface area contributed by atoms with Crippen molar-refractivity contribution in [2.75, 3.05) is 13.2 Å². The summed E-state index contributed by atoms with van der Waals surface area (Å²) in [5.74, 6) is -0.889. The van der Waals surface area contributed by atoms with Crippen LogP contribution in [-0.2, 0) is 28.6 Å². The molecule has 0 amide bonds. The molecule has 6 nitrogen and oxygen atoms in total. The Hall–Kier alpha value is -2.37. The molecule has 0 heterocycles. The van der Waals surface area contributed by atoms with Crippen LogP contribution >= 0.6 is 0 Å². The fourth-order valence-corrected chi connectivity index (χ4v) is 7.76. The molecule has 0 aliphatic rings. The summed E-state index contributed by atoms with van der Waals surface area (Å²) >= 11 is 0. The van der Waals surface area contributed by atoms with E-state index in [1.165, 1.54) is 154 Å². The third-order valence-corrected chi connectivity index (χ3v) is 11.9. The smallest absolute Gasteiger partial charge is 0.306 e. The van der Waals surface area contributed by atoms with Crippen LogP contribution in [0.25, 0.3) is 0 Å². The van der Waals surface area contributed by atoms with Crippen molar-refractivity contribution in [2.24, 2.45) is 0 Å². The summed E-state index contributed by atoms with van der Waals surface area (Å²) in [5, 5.41) is 0. The quantitative estimate of drug-likeness (QED) is 0.0262. The molecule has 0 saturated carbocycles. The van der Waals surface area contributed by atoms with E-state index in [0.29, 0.717) is 19.3 Å². The Labute approximate surface area is 385 Å². The lowest BCUT2D eigenvalue weighted by Gasteiger charge is -2.18. The van der Waals surface area contributed by atoms with Crippen LogP contribution in [0.5, 0.6) is 0 Å². The Morgan fingerprint density at radius 1 is 0.323 bits per heavy atom. The molecule has 62 heavy (non-hydrogen) atoms. The summed E-state index contributed by atoms with van der Waals surface area (Å²) in [4.78, 5) is 38.0. The predicted octanol–water partition coefficient (Wildman–Crippen LogP) is 17.7. The Morgan fingerprint density at radius 3 is 0.935 bits per heavy atom. The maximum atomic E-state index is 12.8. The number of carbonyl (C=O) groups excluding carboxylic acids is 3. The van der Waals surface area contributed by atoms with Gasteiger partial charge in [-0.25, -0.2) is 0 Å². The van der Waals surface area contributed by atoms with E-state index in [9.17, 15) is 14.4 Å². The van der Waals surface area contributed by atoms with Crippen LogP contribution in [0.3, 0.4) is 0 Å². The highest BCUT2D eigenvalue weighted by Crippen LogP contribution is 2.16. The van der Waals surface area contributed by atoms with Crippen LogP contribution in [-0.4, -0.2) is 37.2 Å². The van der Waals surface area contributed by atoms with E-state index in [4.69, 9.17) is 14.2 Å². The molecule has 0 N–H and O–H groups in total. The Balaban J connectivity index is 4.35. The standard InChI is InChI=1S/C56H102O6/c1-4-7-10-13-16-19-22-25-27-28-30-31-34-37-40-43-46-49-55(58)61-52-53(51-60-54(57)48-45-42-39-36-33-24-21-18-15-12-9-6-3)62-56(59)50-47-44-41-38-35-32-29-26-23-20-17-14-11-8-5-2/h17-18,20-21,26,29,53H,4-16,19,22-25,27-28,30-52H2,1-3H3/b20-17-,21-18-,29-26-/t53-/m1/s1. The van der Waals surface area contributed by atoms with Crippen molar-refractivity contribution in [3.8, 4) is 0 Å². The van der Waals surface area contributed by atoms with Gasteiger partial charge in [-0.15, -0.1) is 0 Å². The highest BCUT2D eigenvalue weighted by Gasteiger charge is 2.19. The molecule has 0 spiro atoms. The first-order valence-electron chi connectivity index (χ1n) is 27.0. The normalized spacial score (nSPS) is 12.2. The summed E-state index contributed by atoms with van der Waals surface area (Å²) in [6.45, 7) is 6.60. The van der Waals surface area contributed by atoms with E-state index in [1.54, 1.807) is 0 Å². The van der Waals surface area contributed by atoms with Crippen LogP contribution in [0.1, 0.15) is 284 Å². The van der Waals surface area contributed by atoms with Gasteiger partial charge in [0, 0.05) is 19.3 Å². The molecule has 0 aliphatic carbocycles. The number of hydrogen-bond donors (Lipinski definition) is 0. The van der Waals surface area contributed by atoms with Gasteiger partial charge in [-0.05, 0) is 77.0 Å². The monoisotopic (exact) mass is 871 g/mol. The van der Waals surface area contributed by atoms with Gasteiger partial charge in [-0.2, -0.15) is 0 Å². The summed E-state index contributed by atoms with van der Waals surface area (Å²) in [6.07, 6.45) is 59.8. The predicted molar refractivity (Wildman–Crippen MR) is 266 cm³/mol. The summed E-state index contributed by atoms with van der Waals surface area (Å²) in [5.41, 5.74) is 0. The second-order valence-electron chi connectivity index (χ2n) is 18.1. The molecule has 0 saturated heterocycles. The first kappa shape index (κ1) is 59.6. The lowest BCUT2D eigenvalue weighted by molar-refractivity contribution is -0.167. The van der Waals surface area contributed by atoms with Crippen LogP contribution in [0, 0.1) is 0 Å². The number of ether oxygens (including phenoxy) is 3. The van der Waals surface area contributed by atoms with E-state index in [2.05, 4.69) is 57.2 Å². The molecular weight excluding hydrogens is 769 g/mol. The van der Waals surface area contributed by atoms with Gasteiger partial charge in [0.25, 0.3) is 0 Å². The molecule has 0 aromatic carbocycles. The molecule has 362 valence electrons. The lowest BCUT2D eigenvalue weighted by Crippen LogP contribution is -2.30. The molecule has 6 heteroatoms. The van der Waals surface area contributed by atoms with Crippen LogP contribution < -0.4 is 0 Å². The van der Waals surface area contributed by atoms with Crippen molar-refractivity contribution in [3.05, 3.63) is 36.5 Å². The summed E-state index contributed by atoms with van der Waals surface area (Å²) in [6, 6.07) is 0. The van der Waals surface area contributed by atoms with E-state index < -0.39 is 6.10 Å². The Bertz CT molecular complexity index is 1050. The van der Waals surface area contributed by atoms with Crippen molar-refractivity contribution in [2.45, 2.75) is 290 Å². The van der Waals surface area contributed by atoms with Gasteiger partial charge in [-0.3, -0.25) is 14.4 Å². The second kappa shape index (κ2) is 51.3. The van der Waals surface area contributed by atoms with Gasteiger partial charge in [0.05, 0.1) is 0 Å². The number of esters is 3. The number of hydrogen-bond acceptors (Lipinski definition) is 6. The van der Waals surface area contributed by atoms with Crippen LogP contribution in [0.4, 0.5) is 0 Å². The average Bonchev–Trinajstić information content (AvgIpc) is 3.27. The number of rotatable bonds is 49. The average molecular weight is 871 g/mol. The Morgan fingerprint density at radius 2 is 0.581 bits per heavy atom. The second-order valence-corrected chi connectivity index (χ2v) is 18.1. The zero-order chi connectivity index (χ0) is 45.1.